The molecule has 1 heterocycles. The molecule has 4 heteroatoms. The van der Waals surface area contributed by atoms with Crippen molar-refractivity contribution in [1.82, 2.24) is 0 Å². The molecule has 138 valence electrons. The van der Waals surface area contributed by atoms with Gasteiger partial charge in [0.2, 0.25) is 11.2 Å². The zero-order chi connectivity index (χ0) is 19.7. The maximum Gasteiger partial charge on any atom is 0.204 e. The van der Waals surface area contributed by atoms with E-state index in [1.54, 1.807) is 43.5 Å². The average molecular weight is 370 g/mol. The third kappa shape index (κ3) is 3.09. The fraction of sp³-hybridized carbons (Fsp3) is 0.0833. The van der Waals surface area contributed by atoms with Crippen molar-refractivity contribution in [3.05, 3.63) is 99.7 Å². The Labute approximate surface area is 162 Å². The first-order valence-electron chi connectivity index (χ1n) is 8.90. The highest BCUT2D eigenvalue weighted by Gasteiger charge is 2.23. The zero-order valence-electron chi connectivity index (χ0n) is 15.6. The molecule has 0 fully saturated rings. The van der Waals surface area contributed by atoms with E-state index in [1.807, 2.05) is 43.3 Å². The van der Waals surface area contributed by atoms with E-state index in [4.69, 9.17) is 9.15 Å². The summed E-state index contributed by atoms with van der Waals surface area (Å²) in [5.41, 5.74) is 2.17. The second-order valence-corrected chi connectivity index (χ2v) is 6.56. The molecule has 0 atom stereocenters. The predicted octanol–water partition coefficient (Wildman–Crippen LogP) is 5.01. The molecule has 0 N–H and O–H groups in total. The molecule has 0 aliphatic heterocycles. The van der Waals surface area contributed by atoms with Crippen LogP contribution in [0.1, 0.15) is 21.5 Å². The van der Waals surface area contributed by atoms with E-state index >= 15 is 0 Å². The van der Waals surface area contributed by atoms with Gasteiger partial charge in [0.25, 0.3) is 0 Å². The third-order valence-corrected chi connectivity index (χ3v) is 4.66. The number of aryl methyl sites for hydroxylation is 1. The number of carbonyl (C=O) groups excluding carboxylic acids is 1. The van der Waals surface area contributed by atoms with Gasteiger partial charge in [-0.05, 0) is 43.3 Å². The Morgan fingerprint density at radius 3 is 2.32 bits per heavy atom. The van der Waals surface area contributed by atoms with Crippen LogP contribution in [-0.4, -0.2) is 12.9 Å². The Hall–Kier alpha value is -3.66. The topological polar surface area (TPSA) is 56.5 Å². The normalized spacial score (nSPS) is 10.8. The highest BCUT2D eigenvalue weighted by atomic mass is 16.5. The highest BCUT2D eigenvalue weighted by Crippen LogP contribution is 2.28. The zero-order valence-corrected chi connectivity index (χ0v) is 15.6. The lowest BCUT2D eigenvalue weighted by Crippen LogP contribution is -2.18. The number of benzene rings is 3. The molecule has 0 aliphatic rings. The smallest absolute Gasteiger partial charge is 0.204 e. The SMILES string of the molecule is COc1ccc(C(=O)c2c(-c3ccccc3)oc3ccc(C)cc3c2=O)cc1. The summed E-state index contributed by atoms with van der Waals surface area (Å²) in [4.78, 5) is 26.6. The summed E-state index contributed by atoms with van der Waals surface area (Å²) in [6.07, 6.45) is 0. The second kappa shape index (κ2) is 7.16. The van der Waals surface area contributed by atoms with E-state index in [9.17, 15) is 9.59 Å². The Balaban J connectivity index is 2.00. The summed E-state index contributed by atoms with van der Waals surface area (Å²) in [5.74, 6) is 0.544. The predicted molar refractivity (Wildman–Crippen MR) is 109 cm³/mol. The van der Waals surface area contributed by atoms with Crippen molar-refractivity contribution in [1.29, 1.82) is 0 Å². The quantitative estimate of drug-likeness (QED) is 0.474. The first kappa shape index (κ1) is 17.7. The van der Waals surface area contributed by atoms with Gasteiger partial charge in [-0.2, -0.15) is 0 Å². The first-order chi connectivity index (χ1) is 13.6. The fourth-order valence-electron chi connectivity index (χ4n) is 3.19. The van der Waals surface area contributed by atoms with Gasteiger partial charge < -0.3 is 9.15 Å². The second-order valence-electron chi connectivity index (χ2n) is 6.56. The van der Waals surface area contributed by atoms with Crippen LogP contribution in [0.5, 0.6) is 5.75 Å². The minimum absolute atomic E-state index is 0.0365. The van der Waals surface area contributed by atoms with Crippen molar-refractivity contribution in [2.45, 2.75) is 6.92 Å². The van der Waals surface area contributed by atoms with Crippen molar-refractivity contribution in [2.24, 2.45) is 0 Å². The van der Waals surface area contributed by atoms with Crippen LogP contribution in [0.2, 0.25) is 0 Å². The molecule has 4 rings (SSSR count). The van der Waals surface area contributed by atoms with E-state index in [1.165, 1.54) is 0 Å². The molecule has 0 aliphatic carbocycles. The molecule has 0 saturated carbocycles. The third-order valence-electron chi connectivity index (χ3n) is 4.66. The molecule has 4 aromatic rings. The van der Waals surface area contributed by atoms with Crippen LogP contribution >= 0.6 is 0 Å². The summed E-state index contributed by atoms with van der Waals surface area (Å²) in [7, 11) is 1.56. The first-order valence-corrected chi connectivity index (χ1v) is 8.90. The summed E-state index contributed by atoms with van der Waals surface area (Å²) >= 11 is 0. The molecule has 1 aromatic heterocycles. The Kier molecular flexibility index (Phi) is 4.53. The van der Waals surface area contributed by atoms with Crippen LogP contribution in [0.3, 0.4) is 0 Å². The molecule has 0 saturated heterocycles. The molecule has 3 aromatic carbocycles. The van der Waals surface area contributed by atoms with Gasteiger partial charge in [0, 0.05) is 11.1 Å². The van der Waals surface area contributed by atoms with E-state index < -0.39 is 0 Å². The molecular weight excluding hydrogens is 352 g/mol. The Bertz CT molecular complexity index is 1220. The van der Waals surface area contributed by atoms with Crippen LogP contribution in [0.15, 0.2) is 82.0 Å². The van der Waals surface area contributed by atoms with Crippen LogP contribution in [0, 0.1) is 6.92 Å². The van der Waals surface area contributed by atoms with Gasteiger partial charge in [-0.1, -0.05) is 42.0 Å². The van der Waals surface area contributed by atoms with E-state index in [2.05, 4.69) is 0 Å². The molecule has 0 bridgehead atoms. The van der Waals surface area contributed by atoms with E-state index in [-0.39, 0.29) is 22.5 Å². The lowest BCUT2D eigenvalue weighted by atomic mass is 9.97. The lowest BCUT2D eigenvalue weighted by molar-refractivity contribution is 0.103. The van der Waals surface area contributed by atoms with Crippen molar-refractivity contribution >= 4 is 16.8 Å². The van der Waals surface area contributed by atoms with Crippen LogP contribution in [0.4, 0.5) is 0 Å². The number of rotatable bonds is 4. The van der Waals surface area contributed by atoms with Gasteiger partial charge in [-0.3, -0.25) is 9.59 Å². The average Bonchev–Trinajstić information content (AvgIpc) is 2.74. The maximum absolute atomic E-state index is 13.3. The van der Waals surface area contributed by atoms with Gasteiger partial charge >= 0.3 is 0 Å². The minimum Gasteiger partial charge on any atom is -0.497 e. The fourth-order valence-corrected chi connectivity index (χ4v) is 3.19. The molecule has 0 amide bonds. The standard InChI is InChI=1S/C24H18O4/c1-15-8-13-20-19(14-15)23(26)21(24(28-20)17-6-4-3-5-7-17)22(25)16-9-11-18(27-2)12-10-16/h3-14H,1-2H3. The molecule has 0 radical (unpaired) electrons. The van der Waals surface area contributed by atoms with Crippen molar-refractivity contribution in [3.63, 3.8) is 0 Å². The van der Waals surface area contributed by atoms with Gasteiger partial charge in [0.1, 0.15) is 22.7 Å². The summed E-state index contributed by atoms with van der Waals surface area (Å²) in [6, 6.07) is 21.3. The lowest BCUT2D eigenvalue weighted by Gasteiger charge is -2.10. The van der Waals surface area contributed by atoms with Gasteiger partial charge in [-0.25, -0.2) is 0 Å². The van der Waals surface area contributed by atoms with Crippen LogP contribution in [-0.2, 0) is 0 Å². The monoisotopic (exact) mass is 370 g/mol. The Morgan fingerprint density at radius 2 is 1.64 bits per heavy atom. The van der Waals surface area contributed by atoms with Crippen molar-refractivity contribution < 1.29 is 13.9 Å². The van der Waals surface area contributed by atoms with Gasteiger partial charge in [0.15, 0.2) is 0 Å². The number of hydrogen-bond acceptors (Lipinski definition) is 4. The summed E-state index contributed by atoms with van der Waals surface area (Å²) < 4.78 is 11.2. The number of ketones is 1. The highest BCUT2D eigenvalue weighted by molar-refractivity contribution is 6.13. The molecular formula is C24H18O4. The van der Waals surface area contributed by atoms with Crippen molar-refractivity contribution in [3.8, 4) is 17.1 Å². The molecule has 28 heavy (non-hydrogen) atoms. The van der Waals surface area contributed by atoms with E-state index in [0.717, 1.165) is 5.56 Å². The molecule has 0 spiro atoms. The van der Waals surface area contributed by atoms with Gasteiger partial charge in [0.05, 0.1) is 12.5 Å². The number of ether oxygens (including phenoxy) is 1. The Morgan fingerprint density at radius 1 is 0.929 bits per heavy atom. The van der Waals surface area contributed by atoms with Gasteiger partial charge in [-0.15, -0.1) is 0 Å². The summed E-state index contributed by atoms with van der Waals surface area (Å²) in [6.45, 7) is 1.90. The minimum atomic E-state index is -0.376. The number of methoxy groups -OCH3 is 1. The van der Waals surface area contributed by atoms with Crippen molar-refractivity contribution in [2.75, 3.05) is 7.11 Å². The van der Waals surface area contributed by atoms with Crippen LogP contribution in [0.25, 0.3) is 22.3 Å². The van der Waals surface area contributed by atoms with E-state index in [0.29, 0.717) is 27.8 Å². The molecule has 4 nitrogen and oxygen atoms in total. The van der Waals surface area contributed by atoms with Crippen LogP contribution < -0.4 is 10.2 Å². The summed E-state index contributed by atoms with van der Waals surface area (Å²) in [5, 5.41) is 0.400. The largest absolute Gasteiger partial charge is 0.497 e. The maximum atomic E-state index is 13.3. The number of fused-ring (bicyclic) bond motifs is 1. The molecule has 0 unspecified atom stereocenters. The number of carbonyl (C=O) groups is 1. The number of hydrogen-bond donors (Lipinski definition) is 0.